The molecule has 158 valence electrons. The number of nitriles is 1. The van der Waals surface area contributed by atoms with Crippen molar-refractivity contribution in [2.75, 3.05) is 13.1 Å². The first-order valence-corrected chi connectivity index (χ1v) is 10.9. The van der Waals surface area contributed by atoms with Gasteiger partial charge >= 0.3 is 0 Å². The fourth-order valence-corrected chi connectivity index (χ4v) is 3.93. The highest BCUT2D eigenvalue weighted by Gasteiger charge is 2.25. The number of amides is 1. The lowest BCUT2D eigenvalue weighted by Gasteiger charge is -2.32. The van der Waals surface area contributed by atoms with E-state index >= 15 is 0 Å². The Kier molecular flexibility index (Phi) is 8.82. The predicted molar refractivity (Wildman–Crippen MR) is 123 cm³/mol. The van der Waals surface area contributed by atoms with Crippen molar-refractivity contribution < 1.29 is 4.79 Å². The molecule has 2 aromatic carbocycles. The van der Waals surface area contributed by atoms with Crippen molar-refractivity contribution in [3.63, 3.8) is 0 Å². The van der Waals surface area contributed by atoms with Gasteiger partial charge in [-0.3, -0.25) is 9.78 Å². The SMILES string of the molecule is N#CCC1CCN(C(=O)CC(c2ccccc2)c2ccccc2)CC1.c1ccncc1. The topological polar surface area (TPSA) is 57.0 Å². The van der Waals surface area contributed by atoms with Crippen molar-refractivity contribution in [1.29, 1.82) is 5.26 Å². The van der Waals surface area contributed by atoms with Crippen molar-refractivity contribution in [3.05, 3.63) is 102 Å². The van der Waals surface area contributed by atoms with Crippen molar-refractivity contribution >= 4 is 5.91 Å². The van der Waals surface area contributed by atoms with Gasteiger partial charge in [-0.1, -0.05) is 66.7 Å². The quantitative estimate of drug-likeness (QED) is 0.561. The lowest BCUT2D eigenvalue weighted by atomic mass is 9.87. The summed E-state index contributed by atoms with van der Waals surface area (Å²) in [5.74, 6) is 0.757. The molecule has 4 heteroatoms. The number of piperidine rings is 1. The highest BCUT2D eigenvalue weighted by Crippen LogP contribution is 2.29. The zero-order valence-electron chi connectivity index (χ0n) is 17.8. The number of rotatable bonds is 5. The Balaban J connectivity index is 0.000000391. The minimum atomic E-state index is 0.0896. The Morgan fingerprint density at radius 3 is 1.84 bits per heavy atom. The third-order valence-corrected chi connectivity index (χ3v) is 5.70. The first kappa shape index (κ1) is 22.2. The van der Waals surface area contributed by atoms with Gasteiger partial charge in [-0.2, -0.15) is 5.26 Å². The molecule has 0 spiro atoms. The summed E-state index contributed by atoms with van der Waals surface area (Å²) < 4.78 is 0. The molecule has 1 aromatic heterocycles. The normalized spacial score (nSPS) is 13.7. The largest absolute Gasteiger partial charge is 0.343 e. The van der Waals surface area contributed by atoms with E-state index < -0.39 is 0 Å². The molecule has 1 aliphatic heterocycles. The van der Waals surface area contributed by atoms with E-state index in [1.54, 1.807) is 12.4 Å². The second-order valence-electron chi connectivity index (χ2n) is 7.79. The molecule has 0 N–H and O–H groups in total. The molecule has 0 bridgehead atoms. The third-order valence-electron chi connectivity index (χ3n) is 5.70. The van der Waals surface area contributed by atoms with Gasteiger partial charge in [0.1, 0.15) is 0 Å². The molecule has 0 radical (unpaired) electrons. The molecule has 2 heterocycles. The molecule has 4 rings (SSSR count). The van der Waals surface area contributed by atoms with Crippen LogP contribution >= 0.6 is 0 Å². The summed E-state index contributed by atoms with van der Waals surface area (Å²) in [6, 6.07) is 28.5. The molecular weight excluding hydrogens is 382 g/mol. The van der Waals surface area contributed by atoms with Crippen LogP contribution in [0.2, 0.25) is 0 Å². The van der Waals surface area contributed by atoms with E-state index in [4.69, 9.17) is 5.26 Å². The van der Waals surface area contributed by atoms with Gasteiger partial charge in [0.25, 0.3) is 0 Å². The van der Waals surface area contributed by atoms with Crippen molar-refractivity contribution in [1.82, 2.24) is 9.88 Å². The zero-order chi connectivity index (χ0) is 21.7. The van der Waals surface area contributed by atoms with E-state index in [1.807, 2.05) is 59.5 Å². The highest BCUT2D eigenvalue weighted by molar-refractivity contribution is 5.78. The smallest absolute Gasteiger partial charge is 0.223 e. The van der Waals surface area contributed by atoms with Crippen LogP contribution in [0.15, 0.2) is 91.3 Å². The van der Waals surface area contributed by atoms with Crippen LogP contribution in [0.25, 0.3) is 0 Å². The van der Waals surface area contributed by atoms with Gasteiger partial charge in [-0.25, -0.2) is 0 Å². The molecule has 3 aromatic rings. The van der Waals surface area contributed by atoms with Crippen LogP contribution in [0, 0.1) is 17.2 Å². The molecule has 1 amide bonds. The third kappa shape index (κ3) is 7.08. The number of pyridine rings is 1. The van der Waals surface area contributed by atoms with E-state index in [-0.39, 0.29) is 11.8 Å². The Morgan fingerprint density at radius 1 is 0.903 bits per heavy atom. The van der Waals surface area contributed by atoms with Crippen molar-refractivity contribution in [2.45, 2.75) is 31.6 Å². The maximum Gasteiger partial charge on any atom is 0.223 e. The van der Waals surface area contributed by atoms with Crippen LogP contribution in [0.1, 0.15) is 42.7 Å². The van der Waals surface area contributed by atoms with Gasteiger partial charge in [0.2, 0.25) is 5.91 Å². The number of likely N-dealkylation sites (tertiary alicyclic amines) is 1. The minimum Gasteiger partial charge on any atom is -0.343 e. The van der Waals surface area contributed by atoms with Gasteiger partial charge in [0.15, 0.2) is 0 Å². The van der Waals surface area contributed by atoms with E-state index in [9.17, 15) is 4.79 Å². The molecule has 31 heavy (non-hydrogen) atoms. The lowest BCUT2D eigenvalue weighted by molar-refractivity contribution is -0.132. The van der Waals surface area contributed by atoms with Crippen LogP contribution in [0.3, 0.4) is 0 Å². The second kappa shape index (κ2) is 12.3. The predicted octanol–water partition coefficient (Wildman–Crippen LogP) is 5.44. The monoisotopic (exact) mass is 411 g/mol. The number of carbonyl (C=O) groups is 1. The van der Waals surface area contributed by atoms with E-state index in [0.717, 1.165) is 25.9 Å². The summed E-state index contributed by atoms with van der Waals surface area (Å²) >= 11 is 0. The van der Waals surface area contributed by atoms with Crippen LogP contribution in [-0.2, 0) is 4.79 Å². The standard InChI is InChI=1S/C22H24N2O.C5H5N/c23-14-11-18-12-15-24(16-13-18)22(25)17-21(19-7-3-1-4-8-19)20-9-5-2-6-10-20;1-2-4-6-5-3-1/h1-10,18,21H,11-13,15-17H2;1-5H. The minimum absolute atomic E-state index is 0.0896. The van der Waals surface area contributed by atoms with Gasteiger partial charge in [-0.15, -0.1) is 0 Å². The fraction of sp³-hybridized carbons (Fsp3) is 0.296. The highest BCUT2D eigenvalue weighted by atomic mass is 16.2. The summed E-state index contributed by atoms with van der Waals surface area (Å²) in [7, 11) is 0. The Labute approximate surface area is 185 Å². The number of nitrogens with zero attached hydrogens (tertiary/aromatic N) is 3. The van der Waals surface area contributed by atoms with Crippen LogP contribution in [-0.4, -0.2) is 28.9 Å². The first-order chi connectivity index (χ1) is 15.3. The molecule has 4 nitrogen and oxygen atoms in total. The van der Waals surface area contributed by atoms with Crippen LogP contribution < -0.4 is 0 Å². The summed E-state index contributed by atoms with van der Waals surface area (Å²) in [6.07, 6.45) is 6.50. The maximum atomic E-state index is 12.9. The molecule has 1 saturated heterocycles. The average Bonchev–Trinajstić information content (AvgIpc) is 2.85. The number of hydrogen-bond donors (Lipinski definition) is 0. The summed E-state index contributed by atoms with van der Waals surface area (Å²) in [5, 5.41) is 8.83. The lowest BCUT2D eigenvalue weighted by Crippen LogP contribution is -2.39. The van der Waals surface area contributed by atoms with Crippen molar-refractivity contribution in [2.24, 2.45) is 5.92 Å². The summed E-state index contributed by atoms with van der Waals surface area (Å²) in [6.45, 7) is 1.56. The van der Waals surface area contributed by atoms with Gasteiger partial charge < -0.3 is 4.90 Å². The molecular formula is C27H29N3O. The van der Waals surface area contributed by atoms with Gasteiger partial charge in [-0.05, 0) is 42.0 Å². The summed E-state index contributed by atoms with van der Waals surface area (Å²) in [4.78, 5) is 18.6. The molecule has 1 aliphatic rings. The maximum absolute atomic E-state index is 12.9. The van der Waals surface area contributed by atoms with Gasteiger partial charge in [0, 0.05) is 44.2 Å². The van der Waals surface area contributed by atoms with E-state index in [2.05, 4.69) is 35.3 Å². The van der Waals surface area contributed by atoms with E-state index in [0.29, 0.717) is 18.8 Å². The van der Waals surface area contributed by atoms with Gasteiger partial charge in [0.05, 0.1) is 6.07 Å². The van der Waals surface area contributed by atoms with Crippen molar-refractivity contribution in [3.8, 4) is 6.07 Å². The molecule has 0 saturated carbocycles. The average molecular weight is 412 g/mol. The van der Waals surface area contributed by atoms with Crippen LogP contribution in [0.4, 0.5) is 0 Å². The molecule has 0 unspecified atom stereocenters. The number of hydrogen-bond acceptors (Lipinski definition) is 3. The molecule has 0 atom stereocenters. The summed E-state index contributed by atoms with van der Waals surface area (Å²) in [5.41, 5.74) is 2.36. The zero-order valence-corrected chi connectivity index (χ0v) is 17.8. The van der Waals surface area contributed by atoms with E-state index in [1.165, 1.54) is 11.1 Å². The Morgan fingerprint density at radius 2 is 1.42 bits per heavy atom. The Hall–Kier alpha value is -3.45. The number of carbonyl (C=O) groups excluding carboxylic acids is 1. The molecule has 1 fully saturated rings. The number of aromatic nitrogens is 1. The second-order valence-corrected chi connectivity index (χ2v) is 7.79. The fourth-order valence-electron chi connectivity index (χ4n) is 3.93. The number of benzene rings is 2. The molecule has 0 aliphatic carbocycles. The first-order valence-electron chi connectivity index (χ1n) is 10.9. The Bertz CT molecular complexity index is 864. The van der Waals surface area contributed by atoms with Crippen LogP contribution in [0.5, 0.6) is 0 Å².